The van der Waals surface area contributed by atoms with E-state index in [1.165, 1.54) is 17.4 Å². The second kappa shape index (κ2) is 3.86. The summed E-state index contributed by atoms with van der Waals surface area (Å²) in [5.74, 6) is -0.297. The molecule has 1 heterocycles. The van der Waals surface area contributed by atoms with Crippen molar-refractivity contribution in [3.8, 4) is 0 Å². The highest BCUT2D eigenvalue weighted by atomic mass is 32.1. The predicted molar refractivity (Wildman–Crippen MR) is 60.9 cm³/mol. The number of aromatic nitrogens is 1. The Kier molecular flexibility index (Phi) is 2.55. The van der Waals surface area contributed by atoms with Crippen molar-refractivity contribution >= 4 is 27.2 Å². The average Bonchev–Trinajstić information content (AvgIpc) is 2.58. The van der Waals surface area contributed by atoms with Gasteiger partial charge in [0.15, 0.2) is 5.13 Å². The van der Waals surface area contributed by atoms with Crippen LogP contribution in [-0.2, 0) is 0 Å². The van der Waals surface area contributed by atoms with Crippen LogP contribution in [0.3, 0.4) is 0 Å². The number of benzene rings is 1. The lowest BCUT2D eigenvalue weighted by atomic mass is 10.2. The number of hydrogen-bond donors (Lipinski definition) is 2. The fourth-order valence-corrected chi connectivity index (χ4v) is 1.79. The molecule has 0 fully saturated rings. The molecule has 0 radical (unpaired) electrons. The summed E-state index contributed by atoms with van der Waals surface area (Å²) >= 11 is 1.29. The van der Waals surface area contributed by atoms with Crippen LogP contribution in [0.5, 0.6) is 0 Å². The SMILES string of the molecule is Cc1ccc(F)c(Nc2ncc(N)s2)c1. The van der Waals surface area contributed by atoms with Crippen molar-refractivity contribution < 1.29 is 4.39 Å². The van der Waals surface area contributed by atoms with Gasteiger partial charge in [0.25, 0.3) is 0 Å². The largest absolute Gasteiger partial charge is 0.389 e. The number of nitrogens with one attached hydrogen (secondary N) is 1. The minimum absolute atomic E-state index is 0.297. The lowest BCUT2D eigenvalue weighted by Crippen LogP contribution is -1.93. The van der Waals surface area contributed by atoms with Gasteiger partial charge in [0.05, 0.1) is 11.9 Å². The molecular formula is C10H10FN3S. The fraction of sp³-hybridized carbons (Fsp3) is 0.100. The normalized spacial score (nSPS) is 10.3. The molecule has 0 bridgehead atoms. The van der Waals surface area contributed by atoms with Gasteiger partial charge in [-0.15, -0.1) is 0 Å². The third-order valence-corrected chi connectivity index (χ3v) is 2.63. The zero-order chi connectivity index (χ0) is 10.8. The van der Waals surface area contributed by atoms with Crippen LogP contribution in [0.4, 0.5) is 20.2 Å². The molecule has 78 valence electrons. The molecule has 3 N–H and O–H groups in total. The van der Waals surface area contributed by atoms with Crippen molar-refractivity contribution in [1.29, 1.82) is 0 Å². The molecule has 0 aliphatic rings. The Bertz CT molecular complexity index is 481. The molecule has 5 heteroatoms. The first kappa shape index (κ1) is 9.92. The number of nitrogen functional groups attached to an aromatic ring is 1. The number of halogens is 1. The van der Waals surface area contributed by atoms with Crippen LogP contribution in [0.25, 0.3) is 0 Å². The number of nitrogens with zero attached hydrogens (tertiary/aromatic N) is 1. The molecule has 0 unspecified atom stereocenters. The molecule has 0 atom stereocenters. The first-order valence-corrected chi connectivity index (χ1v) is 5.21. The van der Waals surface area contributed by atoms with Crippen LogP contribution in [0.1, 0.15) is 5.56 Å². The Hall–Kier alpha value is -1.62. The standard InChI is InChI=1S/C10H10FN3S/c1-6-2-3-7(11)8(4-6)14-10-13-5-9(12)15-10/h2-5H,12H2,1H3,(H,13,14). The summed E-state index contributed by atoms with van der Waals surface area (Å²) in [5, 5.41) is 4.08. The number of thiazole rings is 1. The van der Waals surface area contributed by atoms with E-state index in [0.29, 0.717) is 15.8 Å². The van der Waals surface area contributed by atoms with Crippen molar-refractivity contribution in [3.05, 3.63) is 35.8 Å². The van der Waals surface area contributed by atoms with Crippen LogP contribution in [0, 0.1) is 12.7 Å². The third kappa shape index (κ3) is 2.24. The molecule has 0 aliphatic heterocycles. The number of nitrogens with two attached hydrogens (primary N) is 1. The van der Waals surface area contributed by atoms with E-state index in [1.807, 2.05) is 6.92 Å². The van der Waals surface area contributed by atoms with Gasteiger partial charge in [-0.05, 0) is 24.6 Å². The molecule has 0 saturated heterocycles. The number of aryl methyl sites for hydroxylation is 1. The molecule has 2 aromatic rings. The van der Waals surface area contributed by atoms with Crippen LogP contribution in [0.2, 0.25) is 0 Å². The van der Waals surface area contributed by atoms with E-state index >= 15 is 0 Å². The first-order valence-electron chi connectivity index (χ1n) is 4.39. The topological polar surface area (TPSA) is 50.9 Å². The second-order valence-corrected chi connectivity index (χ2v) is 4.24. The van der Waals surface area contributed by atoms with Gasteiger partial charge in [0.1, 0.15) is 10.8 Å². The van der Waals surface area contributed by atoms with E-state index < -0.39 is 0 Å². The quantitative estimate of drug-likeness (QED) is 0.823. The molecule has 2 rings (SSSR count). The summed E-state index contributed by atoms with van der Waals surface area (Å²) in [7, 11) is 0. The van der Waals surface area contributed by atoms with Gasteiger partial charge in [0, 0.05) is 0 Å². The van der Waals surface area contributed by atoms with E-state index in [4.69, 9.17) is 5.73 Å². The molecule has 1 aromatic carbocycles. The second-order valence-electron chi connectivity index (χ2n) is 3.18. The zero-order valence-corrected chi connectivity index (χ0v) is 8.94. The Morgan fingerprint density at radius 1 is 1.47 bits per heavy atom. The number of anilines is 3. The van der Waals surface area contributed by atoms with Crippen LogP contribution in [-0.4, -0.2) is 4.98 Å². The molecule has 0 spiro atoms. The number of hydrogen-bond acceptors (Lipinski definition) is 4. The van der Waals surface area contributed by atoms with Crippen molar-refractivity contribution in [2.24, 2.45) is 0 Å². The van der Waals surface area contributed by atoms with Gasteiger partial charge >= 0.3 is 0 Å². The van der Waals surface area contributed by atoms with Crippen LogP contribution in [0.15, 0.2) is 24.4 Å². The minimum atomic E-state index is -0.297. The Labute approximate surface area is 90.8 Å². The van der Waals surface area contributed by atoms with Gasteiger partial charge in [-0.2, -0.15) is 0 Å². The highest BCUT2D eigenvalue weighted by Crippen LogP contribution is 2.25. The van der Waals surface area contributed by atoms with E-state index in [-0.39, 0.29) is 5.82 Å². The van der Waals surface area contributed by atoms with Gasteiger partial charge in [-0.1, -0.05) is 17.4 Å². The summed E-state index contributed by atoms with van der Waals surface area (Å²) in [6, 6.07) is 4.87. The minimum Gasteiger partial charge on any atom is -0.389 e. The van der Waals surface area contributed by atoms with E-state index in [0.717, 1.165) is 5.56 Å². The lowest BCUT2D eigenvalue weighted by Gasteiger charge is -2.04. The highest BCUT2D eigenvalue weighted by molar-refractivity contribution is 7.19. The predicted octanol–water partition coefficient (Wildman–Crippen LogP) is 2.92. The maximum absolute atomic E-state index is 13.3. The van der Waals surface area contributed by atoms with Crippen LogP contribution < -0.4 is 11.1 Å². The Morgan fingerprint density at radius 2 is 2.27 bits per heavy atom. The van der Waals surface area contributed by atoms with E-state index in [2.05, 4.69) is 10.3 Å². The smallest absolute Gasteiger partial charge is 0.189 e. The zero-order valence-electron chi connectivity index (χ0n) is 8.12. The van der Waals surface area contributed by atoms with Crippen molar-refractivity contribution in [1.82, 2.24) is 4.98 Å². The molecule has 0 aliphatic carbocycles. The maximum atomic E-state index is 13.3. The molecule has 0 saturated carbocycles. The fourth-order valence-electron chi connectivity index (χ4n) is 1.19. The highest BCUT2D eigenvalue weighted by Gasteiger charge is 2.04. The Balaban J connectivity index is 2.27. The molecule has 15 heavy (non-hydrogen) atoms. The average molecular weight is 223 g/mol. The van der Waals surface area contributed by atoms with Crippen molar-refractivity contribution in [2.45, 2.75) is 6.92 Å². The summed E-state index contributed by atoms with van der Waals surface area (Å²) in [4.78, 5) is 4.00. The molecular weight excluding hydrogens is 213 g/mol. The van der Waals surface area contributed by atoms with E-state index in [9.17, 15) is 4.39 Å². The summed E-state index contributed by atoms with van der Waals surface area (Å²) in [5.41, 5.74) is 6.93. The summed E-state index contributed by atoms with van der Waals surface area (Å²) in [6.07, 6.45) is 1.54. The third-order valence-electron chi connectivity index (χ3n) is 1.89. The number of rotatable bonds is 2. The van der Waals surface area contributed by atoms with Gasteiger partial charge in [-0.3, -0.25) is 0 Å². The van der Waals surface area contributed by atoms with Crippen LogP contribution >= 0.6 is 11.3 Å². The molecule has 0 amide bonds. The van der Waals surface area contributed by atoms with Crippen molar-refractivity contribution in [2.75, 3.05) is 11.1 Å². The molecule has 3 nitrogen and oxygen atoms in total. The van der Waals surface area contributed by atoms with E-state index in [1.54, 1.807) is 18.3 Å². The van der Waals surface area contributed by atoms with Gasteiger partial charge < -0.3 is 11.1 Å². The lowest BCUT2D eigenvalue weighted by molar-refractivity contribution is 0.631. The van der Waals surface area contributed by atoms with Gasteiger partial charge in [-0.25, -0.2) is 9.37 Å². The first-order chi connectivity index (χ1) is 7.15. The summed E-state index contributed by atoms with van der Waals surface area (Å²) < 4.78 is 13.3. The molecule has 1 aromatic heterocycles. The maximum Gasteiger partial charge on any atom is 0.189 e. The van der Waals surface area contributed by atoms with Crippen molar-refractivity contribution in [3.63, 3.8) is 0 Å². The Morgan fingerprint density at radius 3 is 2.93 bits per heavy atom. The van der Waals surface area contributed by atoms with Gasteiger partial charge in [0.2, 0.25) is 0 Å². The summed E-state index contributed by atoms with van der Waals surface area (Å²) in [6.45, 7) is 1.90. The monoisotopic (exact) mass is 223 g/mol.